The van der Waals surface area contributed by atoms with E-state index in [1.54, 1.807) is 0 Å². The largest absolute Gasteiger partial charge is 0.274 e. The van der Waals surface area contributed by atoms with Crippen molar-refractivity contribution in [2.24, 2.45) is 0 Å². The van der Waals surface area contributed by atoms with Crippen molar-refractivity contribution < 1.29 is 9.59 Å². The number of hydrogen-bond donors (Lipinski definition) is 0. The van der Waals surface area contributed by atoms with E-state index in [-0.39, 0.29) is 11.8 Å². The summed E-state index contributed by atoms with van der Waals surface area (Å²) < 4.78 is 0. The van der Waals surface area contributed by atoms with Crippen LogP contribution < -0.4 is 0 Å². The number of nitrogens with zero attached hydrogens (tertiary/aromatic N) is 1. The van der Waals surface area contributed by atoms with Gasteiger partial charge in [-0.1, -0.05) is 91.0 Å². The van der Waals surface area contributed by atoms with Gasteiger partial charge in [0.2, 0.25) is 0 Å². The van der Waals surface area contributed by atoms with Crippen molar-refractivity contribution in [1.82, 2.24) is 4.90 Å². The Labute approximate surface area is 171 Å². The number of hydrogen-bond acceptors (Lipinski definition) is 2. The maximum Gasteiger partial charge on any atom is 0.262 e. The summed E-state index contributed by atoms with van der Waals surface area (Å²) in [5.74, 6) is -0.389. The standard InChI is InChI=1S/C26H23NO2/c28-25-23(21-15-6-2-7-16-21)24(22-17-8-3-9-18-22)26(29)27(25)19-11-10-14-20-12-4-1-5-13-20/h1-9,12-13,15-18H,10-11,14,19H2. The van der Waals surface area contributed by atoms with Crippen molar-refractivity contribution in [2.75, 3.05) is 6.54 Å². The molecule has 0 spiro atoms. The van der Waals surface area contributed by atoms with Crippen LogP contribution in [0.5, 0.6) is 0 Å². The first-order valence-corrected chi connectivity index (χ1v) is 10.0. The fourth-order valence-corrected chi connectivity index (χ4v) is 3.77. The molecular formula is C26H23NO2. The van der Waals surface area contributed by atoms with Gasteiger partial charge in [0.05, 0.1) is 11.1 Å². The summed E-state index contributed by atoms with van der Waals surface area (Å²) in [6, 6.07) is 29.2. The van der Waals surface area contributed by atoms with Gasteiger partial charge in [-0.25, -0.2) is 0 Å². The van der Waals surface area contributed by atoms with E-state index in [1.165, 1.54) is 10.5 Å². The summed E-state index contributed by atoms with van der Waals surface area (Å²) in [6.07, 6.45) is 2.67. The van der Waals surface area contributed by atoms with Gasteiger partial charge in [-0.2, -0.15) is 0 Å². The highest BCUT2D eigenvalue weighted by Crippen LogP contribution is 2.35. The minimum atomic E-state index is -0.195. The van der Waals surface area contributed by atoms with Crippen LogP contribution in [0, 0.1) is 0 Å². The predicted octanol–water partition coefficient (Wildman–Crippen LogP) is 4.99. The minimum Gasteiger partial charge on any atom is -0.274 e. The Kier molecular flexibility index (Phi) is 5.66. The average molecular weight is 381 g/mol. The SMILES string of the molecule is O=C1C(c2ccccc2)=C(c2ccccc2)C(=O)N1CCCCc1ccccc1. The van der Waals surface area contributed by atoms with Crippen LogP contribution in [0.1, 0.15) is 29.5 Å². The summed E-state index contributed by atoms with van der Waals surface area (Å²) in [5.41, 5.74) is 3.86. The first-order chi connectivity index (χ1) is 14.3. The second-order valence-electron chi connectivity index (χ2n) is 7.19. The molecule has 3 aromatic rings. The van der Waals surface area contributed by atoms with Crippen molar-refractivity contribution in [1.29, 1.82) is 0 Å². The van der Waals surface area contributed by atoms with Gasteiger partial charge in [0.1, 0.15) is 0 Å². The Hall–Kier alpha value is -3.46. The summed E-state index contributed by atoms with van der Waals surface area (Å²) in [5, 5.41) is 0. The third-order valence-electron chi connectivity index (χ3n) is 5.23. The highest BCUT2D eigenvalue weighted by Gasteiger charge is 2.38. The number of carbonyl (C=O) groups excluding carboxylic acids is 2. The zero-order valence-electron chi connectivity index (χ0n) is 16.3. The molecule has 0 saturated heterocycles. The first-order valence-electron chi connectivity index (χ1n) is 10.0. The highest BCUT2D eigenvalue weighted by molar-refractivity contribution is 6.48. The Morgan fingerprint density at radius 1 is 0.552 bits per heavy atom. The summed E-state index contributed by atoms with van der Waals surface area (Å²) >= 11 is 0. The monoisotopic (exact) mass is 381 g/mol. The van der Waals surface area contributed by atoms with Gasteiger partial charge < -0.3 is 0 Å². The average Bonchev–Trinajstić information content (AvgIpc) is 3.03. The van der Waals surface area contributed by atoms with Crippen LogP contribution in [-0.4, -0.2) is 23.3 Å². The molecule has 0 unspecified atom stereocenters. The van der Waals surface area contributed by atoms with Gasteiger partial charge in [-0.3, -0.25) is 14.5 Å². The smallest absolute Gasteiger partial charge is 0.262 e. The molecule has 0 saturated carbocycles. The molecule has 3 heteroatoms. The molecule has 0 N–H and O–H groups in total. The van der Waals surface area contributed by atoms with E-state index in [0.29, 0.717) is 17.7 Å². The van der Waals surface area contributed by atoms with Crippen LogP contribution in [-0.2, 0) is 16.0 Å². The summed E-state index contributed by atoms with van der Waals surface area (Å²) in [4.78, 5) is 27.8. The molecule has 1 aliphatic rings. The van der Waals surface area contributed by atoms with Crippen molar-refractivity contribution in [2.45, 2.75) is 19.3 Å². The van der Waals surface area contributed by atoms with Crippen LogP contribution in [0.15, 0.2) is 91.0 Å². The van der Waals surface area contributed by atoms with Gasteiger partial charge in [-0.15, -0.1) is 0 Å². The van der Waals surface area contributed by atoms with Crippen LogP contribution >= 0.6 is 0 Å². The molecular weight excluding hydrogens is 358 g/mol. The van der Waals surface area contributed by atoms with Crippen molar-refractivity contribution in [3.05, 3.63) is 108 Å². The van der Waals surface area contributed by atoms with Crippen molar-refractivity contribution >= 4 is 23.0 Å². The lowest BCUT2D eigenvalue weighted by atomic mass is 9.96. The van der Waals surface area contributed by atoms with Crippen LogP contribution in [0.4, 0.5) is 0 Å². The number of rotatable bonds is 7. The van der Waals surface area contributed by atoms with E-state index < -0.39 is 0 Å². The second kappa shape index (κ2) is 8.70. The van der Waals surface area contributed by atoms with E-state index in [9.17, 15) is 9.59 Å². The molecule has 0 radical (unpaired) electrons. The van der Waals surface area contributed by atoms with Crippen LogP contribution in [0.2, 0.25) is 0 Å². The van der Waals surface area contributed by atoms with Crippen LogP contribution in [0.25, 0.3) is 11.1 Å². The number of aryl methyl sites for hydroxylation is 1. The van der Waals surface area contributed by atoms with Crippen LogP contribution in [0.3, 0.4) is 0 Å². The van der Waals surface area contributed by atoms with E-state index in [0.717, 1.165) is 30.4 Å². The predicted molar refractivity (Wildman–Crippen MR) is 116 cm³/mol. The number of benzene rings is 3. The lowest BCUT2D eigenvalue weighted by molar-refractivity contribution is -0.136. The number of carbonyl (C=O) groups is 2. The molecule has 144 valence electrons. The number of unbranched alkanes of at least 4 members (excludes halogenated alkanes) is 1. The fraction of sp³-hybridized carbons (Fsp3) is 0.154. The Morgan fingerprint density at radius 3 is 1.48 bits per heavy atom. The quantitative estimate of drug-likeness (QED) is 0.427. The van der Waals surface area contributed by atoms with Gasteiger partial charge in [0.25, 0.3) is 11.8 Å². The molecule has 1 heterocycles. The van der Waals surface area contributed by atoms with E-state index in [1.807, 2.05) is 78.9 Å². The normalized spacial score (nSPS) is 14.0. The first kappa shape index (κ1) is 18.9. The van der Waals surface area contributed by atoms with Gasteiger partial charge in [-0.05, 0) is 36.0 Å². The lowest BCUT2D eigenvalue weighted by Crippen LogP contribution is -2.32. The van der Waals surface area contributed by atoms with E-state index in [4.69, 9.17) is 0 Å². The molecule has 0 aromatic heterocycles. The number of imide groups is 1. The van der Waals surface area contributed by atoms with Gasteiger partial charge >= 0.3 is 0 Å². The second-order valence-corrected chi connectivity index (χ2v) is 7.19. The van der Waals surface area contributed by atoms with E-state index >= 15 is 0 Å². The third kappa shape index (κ3) is 4.04. The molecule has 29 heavy (non-hydrogen) atoms. The lowest BCUT2D eigenvalue weighted by Gasteiger charge is -2.15. The maximum absolute atomic E-state index is 13.2. The molecule has 3 aromatic carbocycles. The van der Waals surface area contributed by atoms with E-state index in [2.05, 4.69) is 12.1 Å². The van der Waals surface area contributed by atoms with Crippen molar-refractivity contribution in [3.8, 4) is 0 Å². The number of amides is 2. The van der Waals surface area contributed by atoms with Gasteiger partial charge in [0.15, 0.2) is 0 Å². The Bertz CT molecular complexity index is 963. The molecule has 2 amide bonds. The summed E-state index contributed by atoms with van der Waals surface area (Å²) in [7, 11) is 0. The zero-order valence-corrected chi connectivity index (χ0v) is 16.3. The van der Waals surface area contributed by atoms with Gasteiger partial charge in [0, 0.05) is 6.54 Å². The highest BCUT2D eigenvalue weighted by atomic mass is 16.2. The Morgan fingerprint density at radius 2 is 1.00 bits per heavy atom. The molecule has 0 fully saturated rings. The Balaban J connectivity index is 1.54. The molecule has 1 aliphatic heterocycles. The minimum absolute atomic E-state index is 0.195. The maximum atomic E-state index is 13.2. The molecule has 4 rings (SSSR count). The van der Waals surface area contributed by atoms with Crippen molar-refractivity contribution in [3.63, 3.8) is 0 Å². The summed E-state index contributed by atoms with van der Waals surface area (Å²) in [6.45, 7) is 0.442. The molecule has 0 atom stereocenters. The topological polar surface area (TPSA) is 37.4 Å². The zero-order chi connectivity index (χ0) is 20.1. The fourth-order valence-electron chi connectivity index (χ4n) is 3.77. The molecule has 0 bridgehead atoms. The molecule has 0 aliphatic carbocycles. The third-order valence-corrected chi connectivity index (χ3v) is 5.23. The molecule has 3 nitrogen and oxygen atoms in total.